The minimum absolute atomic E-state index is 0.0545. The first-order valence-electron chi connectivity index (χ1n) is 9.03. The van der Waals surface area contributed by atoms with E-state index < -0.39 is 5.82 Å². The maximum absolute atomic E-state index is 13.6. The lowest BCUT2D eigenvalue weighted by molar-refractivity contribution is -0.130. The Hall–Kier alpha value is -2.89. The highest BCUT2D eigenvalue weighted by atomic mass is 19.1. The molecule has 0 bridgehead atoms. The largest absolute Gasteiger partial charge is 0.496 e. The fraction of sp³-hybridized carbons (Fsp3) is 0.333. The van der Waals surface area contributed by atoms with Crippen LogP contribution in [0.3, 0.4) is 0 Å². The summed E-state index contributed by atoms with van der Waals surface area (Å²) >= 11 is 0. The third kappa shape index (κ3) is 4.64. The Morgan fingerprint density at radius 2 is 1.70 bits per heavy atom. The van der Waals surface area contributed by atoms with Crippen LogP contribution in [0.25, 0.3) is 0 Å². The maximum atomic E-state index is 13.6. The molecule has 0 spiro atoms. The van der Waals surface area contributed by atoms with Gasteiger partial charge in [0.1, 0.15) is 11.6 Å². The monoisotopic (exact) mass is 370 g/mol. The third-order valence-corrected chi connectivity index (χ3v) is 4.73. The van der Waals surface area contributed by atoms with Gasteiger partial charge in [0.2, 0.25) is 5.91 Å². The molecule has 142 valence electrons. The fourth-order valence-corrected chi connectivity index (χ4v) is 3.27. The van der Waals surface area contributed by atoms with E-state index in [0.717, 1.165) is 5.56 Å². The van der Waals surface area contributed by atoms with Gasteiger partial charge in [0, 0.05) is 26.2 Å². The summed E-state index contributed by atoms with van der Waals surface area (Å²) in [4.78, 5) is 28.8. The molecule has 0 radical (unpaired) electrons. The van der Waals surface area contributed by atoms with Gasteiger partial charge >= 0.3 is 0 Å². The molecule has 27 heavy (non-hydrogen) atoms. The van der Waals surface area contributed by atoms with Gasteiger partial charge in [0.15, 0.2) is 0 Å². The number of methoxy groups -OCH3 is 1. The Balaban J connectivity index is 1.65. The lowest BCUT2D eigenvalue weighted by Gasteiger charge is -2.23. The van der Waals surface area contributed by atoms with Gasteiger partial charge in [-0.2, -0.15) is 0 Å². The van der Waals surface area contributed by atoms with Crippen LogP contribution in [0.15, 0.2) is 48.5 Å². The van der Waals surface area contributed by atoms with Crippen LogP contribution >= 0.6 is 0 Å². The molecule has 2 aromatic carbocycles. The predicted molar refractivity (Wildman–Crippen MR) is 100 cm³/mol. The lowest BCUT2D eigenvalue weighted by atomic mass is 10.1. The molecule has 1 aliphatic rings. The van der Waals surface area contributed by atoms with Crippen molar-refractivity contribution in [1.29, 1.82) is 0 Å². The molecule has 5 nitrogen and oxygen atoms in total. The zero-order chi connectivity index (χ0) is 19.2. The molecule has 1 saturated heterocycles. The van der Waals surface area contributed by atoms with E-state index in [4.69, 9.17) is 4.74 Å². The van der Waals surface area contributed by atoms with Gasteiger partial charge in [-0.05, 0) is 30.2 Å². The van der Waals surface area contributed by atoms with E-state index in [1.165, 1.54) is 25.3 Å². The lowest BCUT2D eigenvalue weighted by Crippen LogP contribution is -2.38. The molecule has 0 aliphatic carbocycles. The first-order valence-corrected chi connectivity index (χ1v) is 9.03. The molecule has 1 heterocycles. The predicted octanol–water partition coefficient (Wildman–Crippen LogP) is 2.75. The van der Waals surface area contributed by atoms with Crippen molar-refractivity contribution >= 4 is 11.8 Å². The van der Waals surface area contributed by atoms with Gasteiger partial charge in [-0.1, -0.05) is 30.3 Å². The summed E-state index contributed by atoms with van der Waals surface area (Å²) in [6.45, 7) is 2.01. The molecule has 6 heteroatoms. The summed E-state index contributed by atoms with van der Waals surface area (Å²) in [6.07, 6.45) is 1.04. The molecule has 0 atom stereocenters. The second-order valence-corrected chi connectivity index (χ2v) is 6.53. The van der Waals surface area contributed by atoms with Gasteiger partial charge in [-0.3, -0.25) is 9.59 Å². The Labute approximate surface area is 158 Å². The molecule has 3 rings (SSSR count). The van der Waals surface area contributed by atoms with E-state index in [1.807, 2.05) is 30.3 Å². The molecule has 2 aromatic rings. The Kier molecular flexibility index (Phi) is 6.06. The van der Waals surface area contributed by atoms with E-state index in [-0.39, 0.29) is 17.4 Å². The van der Waals surface area contributed by atoms with Gasteiger partial charge in [-0.25, -0.2) is 4.39 Å². The first-order chi connectivity index (χ1) is 13.1. The SMILES string of the molecule is COc1ccc(F)cc1C(=O)N1CCCN(C(=O)Cc2ccccc2)CC1. The molecule has 0 saturated carbocycles. The van der Waals surface area contributed by atoms with Gasteiger partial charge in [0.25, 0.3) is 5.91 Å². The average Bonchev–Trinajstić information content (AvgIpc) is 2.94. The molecular weight excluding hydrogens is 347 g/mol. The number of benzene rings is 2. The van der Waals surface area contributed by atoms with E-state index in [9.17, 15) is 14.0 Å². The third-order valence-electron chi connectivity index (χ3n) is 4.73. The number of ether oxygens (including phenoxy) is 1. The molecular formula is C21H23FN2O3. The summed E-state index contributed by atoms with van der Waals surface area (Å²) in [5.74, 6) is -0.348. The minimum Gasteiger partial charge on any atom is -0.496 e. The topological polar surface area (TPSA) is 49.9 Å². The van der Waals surface area contributed by atoms with E-state index in [2.05, 4.69) is 0 Å². The van der Waals surface area contributed by atoms with E-state index in [1.54, 1.807) is 9.80 Å². The first kappa shape index (κ1) is 18.9. The molecule has 0 N–H and O–H groups in total. The van der Waals surface area contributed by atoms with Crippen molar-refractivity contribution < 1.29 is 18.7 Å². The highest BCUT2D eigenvalue weighted by molar-refractivity contribution is 5.97. The maximum Gasteiger partial charge on any atom is 0.257 e. The summed E-state index contributed by atoms with van der Waals surface area (Å²) in [5.41, 5.74) is 1.19. The number of nitrogens with zero attached hydrogens (tertiary/aromatic N) is 2. The summed E-state index contributed by atoms with van der Waals surface area (Å²) in [7, 11) is 1.45. The van der Waals surface area contributed by atoms with Gasteiger partial charge < -0.3 is 14.5 Å². The van der Waals surface area contributed by atoms with Crippen molar-refractivity contribution in [2.24, 2.45) is 0 Å². The second-order valence-electron chi connectivity index (χ2n) is 6.53. The van der Waals surface area contributed by atoms with Crippen LogP contribution in [0.1, 0.15) is 22.3 Å². The average molecular weight is 370 g/mol. The summed E-state index contributed by atoms with van der Waals surface area (Å²) < 4.78 is 18.8. The number of carbonyl (C=O) groups excluding carboxylic acids is 2. The van der Waals surface area contributed by atoms with Crippen LogP contribution in [-0.2, 0) is 11.2 Å². The van der Waals surface area contributed by atoms with Crippen LogP contribution in [0.2, 0.25) is 0 Å². The van der Waals surface area contributed by atoms with E-state index in [0.29, 0.717) is 44.8 Å². The number of hydrogen-bond acceptors (Lipinski definition) is 3. The Bertz CT molecular complexity index is 810. The quantitative estimate of drug-likeness (QED) is 0.832. The number of amides is 2. The second kappa shape index (κ2) is 8.66. The van der Waals surface area contributed by atoms with Crippen LogP contribution in [0, 0.1) is 5.82 Å². The van der Waals surface area contributed by atoms with Crippen molar-refractivity contribution in [1.82, 2.24) is 9.80 Å². The molecule has 1 fully saturated rings. The van der Waals surface area contributed by atoms with Crippen LogP contribution in [0.4, 0.5) is 4.39 Å². The fourth-order valence-electron chi connectivity index (χ4n) is 3.27. The molecule has 1 aliphatic heterocycles. The van der Waals surface area contributed by atoms with Crippen molar-refractivity contribution in [3.63, 3.8) is 0 Å². The Morgan fingerprint density at radius 1 is 1.00 bits per heavy atom. The number of carbonyl (C=O) groups is 2. The molecule has 0 aromatic heterocycles. The molecule has 2 amide bonds. The van der Waals surface area contributed by atoms with Crippen LogP contribution < -0.4 is 4.74 Å². The minimum atomic E-state index is -0.478. The van der Waals surface area contributed by atoms with Crippen molar-refractivity contribution in [2.45, 2.75) is 12.8 Å². The highest BCUT2D eigenvalue weighted by Gasteiger charge is 2.25. The van der Waals surface area contributed by atoms with Crippen molar-refractivity contribution in [3.05, 3.63) is 65.5 Å². The van der Waals surface area contributed by atoms with Crippen molar-refractivity contribution in [3.8, 4) is 5.75 Å². The molecule has 0 unspecified atom stereocenters. The Morgan fingerprint density at radius 3 is 2.44 bits per heavy atom. The van der Waals surface area contributed by atoms with Crippen molar-refractivity contribution in [2.75, 3.05) is 33.3 Å². The number of halogens is 1. The highest BCUT2D eigenvalue weighted by Crippen LogP contribution is 2.22. The zero-order valence-electron chi connectivity index (χ0n) is 15.4. The smallest absolute Gasteiger partial charge is 0.257 e. The normalized spacial score (nSPS) is 14.6. The summed E-state index contributed by atoms with van der Waals surface area (Å²) in [5, 5.41) is 0. The standard InChI is InChI=1S/C21H23FN2O3/c1-27-19-9-8-17(22)15-18(19)21(26)24-11-5-10-23(12-13-24)20(25)14-16-6-3-2-4-7-16/h2-4,6-9,15H,5,10-14H2,1H3. The van der Waals surface area contributed by atoms with Gasteiger partial charge in [-0.15, -0.1) is 0 Å². The van der Waals surface area contributed by atoms with E-state index >= 15 is 0 Å². The zero-order valence-corrected chi connectivity index (χ0v) is 15.4. The van der Waals surface area contributed by atoms with Crippen LogP contribution in [0.5, 0.6) is 5.75 Å². The summed E-state index contributed by atoms with van der Waals surface area (Å²) in [6, 6.07) is 13.5. The number of rotatable bonds is 4. The number of hydrogen-bond donors (Lipinski definition) is 0. The van der Waals surface area contributed by atoms with Crippen LogP contribution in [-0.4, -0.2) is 54.9 Å². The van der Waals surface area contributed by atoms with Gasteiger partial charge in [0.05, 0.1) is 19.1 Å².